The first-order valence-corrected chi connectivity index (χ1v) is 17.3. The van der Waals surface area contributed by atoms with E-state index in [1.54, 1.807) is 44.2 Å². The number of anilines is 2. The highest BCUT2D eigenvalue weighted by molar-refractivity contribution is 7.52. The smallest absolute Gasteiger partial charge is 0.459 e. The normalized spacial score (nSPS) is 26.6. The number of fused-ring (bicyclic) bond motifs is 1. The summed E-state index contributed by atoms with van der Waals surface area (Å²) in [6.07, 6.45) is -0.200. The molecule has 3 heterocycles. The molecular formula is C29H38ClFN7O7P. The second-order valence-corrected chi connectivity index (χ2v) is 14.2. The van der Waals surface area contributed by atoms with Crippen molar-refractivity contribution in [1.29, 1.82) is 0 Å². The van der Waals surface area contributed by atoms with Crippen molar-refractivity contribution in [1.82, 2.24) is 24.6 Å². The minimum Gasteiger partial charge on any atom is -0.462 e. The molecule has 17 heteroatoms. The average Bonchev–Trinajstić information content (AvgIpc) is 3.96. The number of nitrogen functional groups attached to an aromatic ring is 1. The van der Waals surface area contributed by atoms with Crippen LogP contribution in [0.1, 0.15) is 52.7 Å². The van der Waals surface area contributed by atoms with Gasteiger partial charge in [-0.25, -0.2) is 13.9 Å². The first-order valence-electron chi connectivity index (χ1n) is 15.3. The van der Waals surface area contributed by atoms with Crippen molar-refractivity contribution >= 4 is 48.2 Å². The van der Waals surface area contributed by atoms with Gasteiger partial charge < -0.3 is 29.7 Å². The molecule has 2 aromatic heterocycles. The Kier molecular flexibility index (Phi) is 9.18. The molecule has 0 bridgehead atoms. The van der Waals surface area contributed by atoms with E-state index in [1.165, 1.54) is 17.8 Å². The topological polar surface area (TPSA) is 176 Å². The van der Waals surface area contributed by atoms with Gasteiger partial charge in [0, 0.05) is 12.1 Å². The molecule has 14 nitrogen and oxygen atoms in total. The lowest BCUT2D eigenvalue weighted by molar-refractivity contribution is -0.149. The maximum atomic E-state index is 16.0. The van der Waals surface area contributed by atoms with Crippen LogP contribution >= 0.6 is 19.3 Å². The molecule has 3 fully saturated rings. The molecule has 1 saturated heterocycles. The number of aliphatic hydroxyl groups is 1. The molecule has 2 aliphatic carbocycles. The van der Waals surface area contributed by atoms with Gasteiger partial charge in [0.15, 0.2) is 29.4 Å². The van der Waals surface area contributed by atoms with Crippen LogP contribution in [0.3, 0.4) is 0 Å². The van der Waals surface area contributed by atoms with Crippen LogP contribution in [-0.2, 0) is 23.4 Å². The van der Waals surface area contributed by atoms with Crippen LogP contribution in [0.15, 0.2) is 36.7 Å². The predicted molar refractivity (Wildman–Crippen MR) is 167 cm³/mol. The third-order valence-electron chi connectivity index (χ3n) is 8.02. The fraction of sp³-hybridized carbons (Fsp3) is 0.586. The van der Waals surface area contributed by atoms with Crippen molar-refractivity contribution in [2.75, 3.05) is 23.1 Å². The number of nitrogens with one attached hydrogen (secondary N) is 1. The van der Waals surface area contributed by atoms with E-state index in [2.05, 4.69) is 24.9 Å². The van der Waals surface area contributed by atoms with Gasteiger partial charge in [-0.05, 0) is 58.6 Å². The van der Waals surface area contributed by atoms with Crippen LogP contribution in [0.25, 0.3) is 11.2 Å². The molecule has 0 unspecified atom stereocenters. The van der Waals surface area contributed by atoms with Crippen molar-refractivity contribution in [2.45, 2.75) is 94.8 Å². The van der Waals surface area contributed by atoms with Gasteiger partial charge in [0.1, 0.15) is 23.5 Å². The lowest BCUT2D eigenvalue weighted by Crippen LogP contribution is -2.48. The fourth-order valence-electron chi connectivity index (χ4n) is 5.46. The van der Waals surface area contributed by atoms with Crippen LogP contribution in [0.5, 0.6) is 5.75 Å². The molecule has 0 spiro atoms. The Morgan fingerprint density at radius 2 is 1.91 bits per heavy atom. The molecule has 1 aliphatic heterocycles. The summed E-state index contributed by atoms with van der Waals surface area (Å²) in [7, 11) is -4.38. The zero-order chi connectivity index (χ0) is 32.8. The molecule has 6 rings (SSSR count). The summed E-state index contributed by atoms with van der Waals surface area (Å²) < 4.78 is 54.1. The average molecular weight is 682 g/mol. The third kappa shape index (κ3) is 6.67. The number of halogens is 2. The minimum absolute atomic E-state index is 0.00775. The molecule has 1 aromatic carbocycles. The molecule has 6 atom stereocenters. The molecule has 250 valence electrons. The number of alkyl halides is 2. The van der Waals surface area contributed by atoms with Gasteiger partial charge in [0.05, 0.1) is 24.9 Å². The number of esters is 1. The number of aromatic nitrogens is 4. The number of carbonyl (C=O) groups is 1. The van der Waals surface area contributed by atoms with Crippen molar-refractivity contribution in [2.24, 2.45) is 0 Å². The minimum atomic E-state index is -4.38. The Morgan fingerprint density at radius 1 is 1.24 bits per heavy atom. The van der Waals surface area contributed by atoms with Gasteiger partial charge in [-0.2, -0.15) is 15.1 Å². The molecule has 2 saturated carbocycles. The van der Waals surface area contributed by atoms with E-state index in [0.717, 1.165) is 25.7 Å². The molecule has 3 aliphatic rings. The quantitative estimate of drug-likeness (QED) is 0.127. The summed E-state index contributed by atoms with van der Waals surface area (Å²) in [5.74, 6) is -0.402. The molecule has 4 N–H and O–H groups in total. The summed E-state index contributed by atoms with van der Waals surface area (Å²) in [5.41, 5.74) is 4.89. The Hall–Kier alpha value is -3.07. The first-order chi connectivity index (χ1) is 21.9. The Bertz CT molecular complexity index is 1600. The highest BCUT2D eigenvalue weighted by atomic mass is 35.5. The summed E-state index contributed by atoms with van der Waals surface area (Å²) in [4.78, 5) is 28.1. The van der Waals surface area contributed by atoms with Gasteiger partial charge in [0.25, 0.3) is 0 Å². The maximum absolute atomic E-state index is 16.0. The third-order valence-corrected chi connectivity index (χ3v) is 10.1. The second kappa shape index (κ2) is 12.9. The van der Waals surface area contributed by atoms with E-state index in [-0.39, 0.29) is 17.3 Å². The van der Waals surface area contributed by atoms with Gasteiger partial charge in [0.2, 0.25) is 5.95 Å². The largest absolute Gasteiger partial charge is 0.462 e. The van der Waals surface area contributed by atoms with Crippen LogP contribution in [-0.4, -0.2) is 85.2 Å². The molecule has 0 amide bonds. The Labute approximate surface area is 270 Å². The van der Waals surface area contributed by atoms with E-state index in [0.29, 0.717) is 23.4 Å². The number of imidazole rings is 1. The van der Waals surface area contributed by atoms with Gasteiger partial charge in [-0.1, -0.05) is 18.2 Å². The monoisotopic (exact) mass is 681 g/mol. The van der Waals surface area contributed by atoms with E-state index < -0.39 is 62.5 Å². The second-order valence-electron chi connectivity index (χ2n) is 12.2. The number of nitrogens with two attached hydrogens (primary N) is 1. The van der Waals surface area contributed by atoms with E-state index in [4.69, 9.17) is 35.9 Å². The van der Waals surface area contributed by atoms with Crippen LogP contribution in [0.4, 0.5) is 16.2 Å². The highest BCUT2D eigenvalue weighted by Crippen LogP contribution is 2.49. The van der Waals surface area contributed by atoms with E-state index in [9.17, 15) is 14.5 Å². The number of rotatable bonds is 14. The van der Waals surface area contributed by atoms with Crippen molar-refractivity contribution in [3.63, 3.8) is 0 Å². The van der Waals surface area contributed by atoms with Crippen LogP contribution in [0.2, 0.25) is 0 Å². The standard InChI is InChI=1S/C29H38ClFN7O7P/c1-16(2)43-27(40)17(3)36-46(41,45-20-7-5-4-6-8-20)42-14-29(13-30)23(39)21(31)26(44-29)37-15-33-22-24(37)34-28(32)35-25(22)38(18-9-10-18)19-11-12-19/h4-8,15-19,21,23,26,39H,9-14H2,1-3H3,(H,36,41)(H2,32,34,35)/t17-,21-,23-,26+,29+,46+/m0/s1. The van der Waals surface area contributed by atoms with Gasteiger partial charge in [-0.3, -0.25) is 13.9 Å². The number of hydrogen-bond acceptors (Lipinski definition) is 12. The summed E-state index contributed by atoms with van der Waals surface area (Å²) >= 11 is 6.31. The zero-order valence-corrected chi connectivity index (χ0v) is 27.3. The van der Waals surface area contributed by atoms with Crippen LogP contribution in [0, 0.1) is 0 Å². The first kappa shape index (κ1) is 32.9. The molecule has 3 aromatic rings. The van der Waals surface area contributed by atoms with Gasteiger partial charge >= 0.3 is 13.7 Å². The highest BCUT2D eigenvalue weighted by Gasteiger charge is 2.57. The van der Waals surface area contributed by atoms with Gasteiger partial charge in [-0.15, -0.1) is 11.6 Å². The number of aliphatic hydroxyl groups excluding tert-OH is 1. The van der Waals surface area contributed by atoms with Crippen molar-refractivity contribution in [3.05, 3.63) is 36.7 Å². The molecule has 0 radical (unpaired) electrons. The lowest BCUT2D eigenvalue weighted by Gasteiger charge is -2.31. The number of carbonyl (C=O) groups excluding carboxylic acids is 1. The molecular weight excluding hydrogens is 644 g/mol. The van der Waals surface area contributed by atoms with Crippen molar-refractivity contribution in [3.8, 4) is 5.75 Å². The summed E-state index contributed by atoms with van der Waals surface area (Å²) in [6, 6.07) is 7.69. The number of nitrogens with zero attached hydrogens (tertiary/aromatic N) is 5. The lowest BCUT2D eigenvalue weighted by atomic mass is 9.99. The number of benzene rings is 1. The fourth-order valence-corrected chi connectivity index (χ4v) is 7.31. The Balaban J connectivity index is 1.26. The Morgan fingerprint density at radius 3 is 2.52 bits per heavy atom. The number of ether oxygens (including phenoxy) is 2. The van der Waals surface area contributed by atoms with Crippen molar-refractivity contribution < 1.29 is 37.4 Å². The summed E-state index contributed by atoms with van der Waals surface area (Å²) in [5, 5.41) is 13.7. The van der Waals surface area contributed by atoms with E-state index >= 15 is 4.39 Å². The number of para-hydroxylation sites is 1. The SMILES string of the molecule is CC(C)OC(=O)[C@H](C)N[P@@](=O)(OC[C@@]1(CCl)O[C@@H](n2cnc3c(N(C4CC4)C4CC4)nc(N)nc32)[C@@H](F)[C@@H]1O)Oc1ccccc1. The zero-order valence-electron chi connectivity index (χ0n) is 25.7. The predicted octanol–water partition coefficient (Wildman–Crippen LogP) is 3.88. The molecule has 46 heavy (non-hydrogen) atoms. The number of hydrogen-bond donors (Lipinski definition) is 3. The summed E-state index contributed by atoms with van der Waals surface area (Å²) in [6.45, 7) is 4.11. The van der Waals surface area contributed by atoms with E-state index in [1.807, 2.05) is 0 Å². The maximum Gasteiger partial charge on any atom is 0.459 e. The van der Waals surface area contributed by atoms with Crippen LogP contribution < -0.4 is 20.2 Å².